The van der Waals surface area contributed by atoms with Crippen LogP contribution < -0.4 is 15.8 Å². The molecule has 0 aliphatic heterocycles. The lowest BCUT2D eigenvalue weighted by atomic mass is 10.2. The van der Waals surface area contributed by atoms with Gasteiger partial charge in [-0.05, 0) is 24.3 Å². The zero-order chi connectivity index (χ0) is 18.4. The first-order valence-electron chi connectivity index (χ1n) is 7.91. The molecule has 1 amide bonds. The topological polar surface area (TPSA) is 86.4 Å². The van der Waals surface area contributed by atoms with E-state index >= 15 is 0 Å². The van der Waals surface area contributed by atoms with E-state index in [4.69, 9.17) is 20.8 Å². The average molecular weight is 374 g/mol. The Bertz CT molecular complexity index is 937. The maximum atomic E-state index is 12.0. The smallest absolute Gasteiger partial charge is 0.437 e. The van der Waals surface area contributed by atoms with Gasteiger partial charge in [-0.3, -0.25) is 4.79 Å². The van der Waals surface area contributed by atoms with E-state index < -0.39 is 5.76 Å². The highest BCUT2D eigenvalue weighted by Crippen LogP contribution is 2.22. The van der Waals surface area contributed by atoms with E-state index in [1.165, 1.54) is 0 Å². The molecular formula is C18H16ClN3O4. The molecule has 1 N–H and O–H groups in total. The third kappa shape index (κ3) is 4.52. The summed E-state index contributed by atoms with van der Waals surface area (Å²) < 4.78 is 11.5. The predicted octanol–water partition coefficient (Wildman–Crippen LogP) is 2.35. The van der Waals surface area contributed by atoms with E-state index in [1.54, 1.807) is 48.5 Å². The Morgan fingerprint density at radius 3 is 2.65 bits per heavy atom. The maximum absolute atomic E-state index is 12.0. The van der Waals surface area contributed by atoms with E-state index in [0.29, 0.717) is 16.3 Å². The maximum Gasteiger partial charge on any atom is 0.437 e. The van der Waals surface area contributed by atoms with Crippen LogP contribution in [0.2, 0.25) is 5.02 Å². The predicted molar refractivity (Wildman–Crippen MR) is 96.2 cm³/mol. The van der Waals surface area contributed by atoms with Gasteiger partial charge in [0.05, 0.1) is 11.6 Å². The first-order valence-corrected chi connectivity index (χ1v) is 8.28. The molecule has 3 aromatic rings. The van der Waals surface area contributed by atoms with Crippen LogP contribution in [0.4, 0.5) is 0 Å². The molecule has 1 heterocycles. The lowest BCUT2D eigenvalue weighted by Gasteiger charge is -2.08. The number of para-hydroxylation sites is 1. The van der Waals surface area contributed by atoms with Crippen molar-refractivity contribution in [3.05, 3.63) is 70.2 Å². The quantitative estimate of drug-likeness (QED) is 0.642. The minimum absolute atomic E-state index is 0.172. The van der Waals surface area contributed by atoms with Crippen molar-refractivity contribution < 1.29 is 13.9 Å². The molecule has 1 aromatic heterocycles. The van der Waals surface area contributed by atoms with Crippen LogP contribution in [0, 0.1) is 0 Å². The van der Waals surface area contributed by atoms with Gasteiger partial charge in [0.1, 0.15) is 18.9 Å². The minimum atomic E-state index is -0.689. The van der Waals surface area contributed by atoms with Crippen molar-refractivity contribution in [3.63, 3.8) is 0 Å². The van der Waals surface area contributed by atoms with Crippen LogP contribution in [0.15, 0.2) is 63.8 Å². The number of carbonyl (C=O) groups excluding carboxylic acids is 1. The molecule has 0 saturated carbocycles. The Balaban J connectivity index is 1.50. The molecule has 134 valence electrons. The second-order valence-corrected chi connectivity index (χ2v) is 5.73. The largest absolute Gasteiger partial charge is 0.490 e. The van der Waals surface area contributed by atoms with Crippen LogP contribution in [-0.2, 0) is 11.3 Å². The highest BCUT2D eigenvalue weighted by atomic mass is 35.5. The molecule has 0 atom stereocenters. The van der Waals surface area contributed by atoms with E-state index in [-0.39, 0.29) is 31.5 Å². The number of halogens is 1. The van der Waals surface area contributed by atoms with Gasteiger partial charge in [-0.25, -0.2) is 4.79 Å². The van der Waals surface area contributed by atoms with Gasteiger partial charge in [-0.2, -0.15) is 4.68 Å². The van der Waals surface area contributed by atoms with Gasteiger partial charge < -0.3 is 14.5 Å². The second kappa shape index (κ2) is 8.35. The molecule has 7 nitrogen and oxygen atoms in total. The lowest BCUT2D eigenvalue weighted by Crippen LogP contribution is -2.34. The molecule has 0 bridgehead atoms. The van der Waals surface area contributed by atoms with Crippen LogP contribution in [0.25, 0.3) is 11.5 Å². The first-order chi connectivity index (χ1) is 12.6. The van der Waals surface area contributed by atoms with Gasteiger partial charge in [-0.1, -0.05) is 41.9 Å². The molecule has 0 radical (unpaired) electrons. The van der Waals surface area contributed by atoms with Gasteiger partial charge in [0, 0.05) is 5.56 Å². The summed E-state index contributed by atoms with van der Waals surface area (Å²) in [4.78, 5) is 23.8. The molecule has 0 spiro atoms. The number of nitrogens with zero attached hydrogens (tertiary/aromatic N) is 2. The van der Waals surface area contributed by atoms with E-state index in [2.05, 4.69) is 10.4 Å². The number of rotatable bonds is 7. The van der Waals surface area contributed by atoms with Crippen molar-refractivity contribution in [1.82, 2.24) is 15.1 Å². The number of nitrogens with one attached hydrogen (secondary N) is 1. The molecular weight excluding hydrogens is 358 g/mol. The number of benzene rings is 2. The number of aromatic nitrogens is 2. The van der Waals surface area contributed by atoms with Crippen LogP contribution in [0.3, 0.4) is 0 Å². The van der Waals surface area contributed by atoms with Crippen molar-refractivity contribution >= 4 is 17.5 Å². The van der Waals surface area contributed by atoms with Gasteiger partial charge >= 0.3 is 5.76 Å². The molecule has 0 unspecified atom stereocenters. The summed E-state index contributed by atoms with van der Waals surface area (Å²) >= 11 is 5.97. The van der Waals surface area contributed by atoms with Gasteiger partial charge in [0.25, 0.3) is 0 Å². The standard InChI is InChI=1S/C18H16ClN3O4/c19-14-8-4-5-9-15(14)25-11-10-20-16(23)12-22-18(24)26-17(21-22)13-6-2-1-3-7-13/h1-9H,10-12H2,(H,20,23). The van der Waals surface area contributed by atoms with Gasteiger partial charge in [-0.15, -0.1) is 5.10 Å². The van der Waals surface area contributed by atoms with Crippen molar-refractivity contribution in [2.45, 2.75) is 6.54 Å². The SMILES string of the molecule is O=C(Cn1nc(-c2ccccc2)oc1=O)NCCOc1ccccc1Cl. The van der Waals surface area contributed by atoms with Crippen molar-refractivity contribution in [3.8, 4) is 17.2 Å². The van der Waals surface area contributed by atoms with Crippen LogP contribution in [0.5, 0.6) is 5.75 Å². The first kappa shape index (κ1) is 17.8. The fourth-order valence-electron chi connectivity index (χ4n) is 2.21. The molecule has 8 heteroatoms. The number of hydrogen-bond donors (Lipinski definition) is 1. The fourth-order valence-corrected chi connectivity index (χ4v) is 2.40. The van der Waals surface area contributed by atoms with E-state index in [0.717, 1.165) is 4.68 Å². The van der Waals surface area contributed by atoms with Crippen LogP contribution in [-0.4, -0.2) is 28.8 Å². The fraction of sp³-hybridized carbons (Fsp3) is 0.167. The van der Waals surface area contributed by atoms with Gasteiger partial charge in [0.15, 0.2) is 0 Å². The minimum Gasteiger partial charge on any atom is -0.490 e. The lowest BCUT2D eigenvalue weighted by molar-refractivity contribution is -0.122. The Morgan fingerprint density at radius 1 is 1.15 bits per heavy atom. The molecule has 3 rings (SSSR count). The Kier molecular flexibility index (Phi) is 5.70. The second-order valence-electron chi connectivity index (χ2n) is 5.33. The summed E-state index contributed by atoms with van der Waals surface area (Å²) in [7, 11) is 0. The average Bonchev–Trinajstić information content (AvgIpc) is 3.01. The van der Waals surface area contributed by atoms with Crippen molar-refractivity contribution in [1.29, 1.82) is 0 Å². The van der Waals surface area contributed by atoms with Crippen LogP contribution >= 0.6 is 11.6 Å². The van der Waals surface area contributed by atoms with Crippen molar-refractivity contribution in [2.24, 2.45) is 0 Å². The molecule has 0 aliphatic rings. The normalized spacial score (nSPS) is 10.5. The highest BCUT2D eigenvalue weighted by molar-refractivity contribution is 6.32. The zero-order valence-electron chi connectivity index (χ0n) is 13.7. The monoisotopic (exact) mass is 373 g/mol. The summed E-state index contributed by atoms with van der Waals surface area (Å²) in [5.74, 6) is -0.344. The highest BCUT2D eigenvalue weighted by Gasteiger charge is 2.12. The summed E-state index contributed by atoms with van der Waals surface area (Å²) in [6.07, 6.45) is 0. The Morgan fingerprint density at radius 2 is 1.88 bits per heavy atom. The Hall–Kier alpha value is -3.06. The number of hydrogen-bond acceptors (Lipinski definition) is 5. The molecule has 0 fully saturated rings. The van der Waals surface area contributed by atoms with Crippen molar-refractivity contribution in [2.75, 3.05) is 13.2 Å². The zero-order valence-corrected chi connectivity index (χ0v) is 14.5. The number of amides is 1. The van der Waals surface area contributed by atoms with E-state index in [1.807, 2.05) is 6.07 Å². The molecule has 2 aromatic carbocycles. The molecule has 26 heavy (non-hydrogen) atoms. The summed E-state index contributed by atoms with van der Waals surface area (Å²) in [5, 5.41) is 7.19. The number of ether oxygens (including phenoxy) is 1. The third-order valence-electron chi connectivity index (χ3n) is 3.44. The summed E-state index contributed by atoms with van der Waals surface area (Å²) in [5.41, 5.74) is 0.664. The number of carbonyl (C=O) groups is 1. The Labute approximate surface area is 154 Å². The molecule has 0 aliphatic carbocycles. The van der Waals surface area contributed by atoms with Gasteiger partial charge in [0.2, 0.25) is 11.8 Å². The molecule has 0 saturated heterocycles. The summed E-state index contributed by atoms with van der Waals surface area (Å²) in [6, 6.07) is 16.1. The third-order valence-corrected chi connectivity index (χ3v) is 3.75. The van der Waals surface area contributed by atoms with E-state index in [9.17, 15) is 9.59 Å². The summed E-state index contributed by atoms with van der Waals surface area (Å²) in [6.45, 7) is 0.280. The van der Waals surface area contributed by atoms with Crippen LogP contribution in [0.1, 0.15) is 0 Å².